The van der Waals surface area contributed by atoms with Crippen molar-refractivity contribution in [3.05, 3.63) is 41.5 Å². The number of nitrogens with zero attached hydrogens (tertiary/aromatic N) is 3. The topological polar surface area (TPSA) is 42.7 Å². The van der Waals surface area contributed by atoms with E-state index in [9.17, 15) is 0 Å². The van der Waals surface area contributed by atoms with Crippen LogP contribution in [0.1, 0.15) is 17.0 Å². The average Bonchev–Trinajstić information content (AvgIpc) is 2.59. The molecule has 2 aromatic heterocycles. The third-order valence-electron chi connectivity index (χ3n) is 2.82. The number of pyridine rings is 1. The van der Waals surface area contributed by atoms with Crippen molar-refractivity contribution in [1.29, 1.82) is 0 Å². The summed E-state index contributed by atoms with van der Waals surface area (Å²) in [4.78, 5) is 4.26. The van der Waals surface area contributed by atoms with Gasteiger partial charge in [0.25, 0.3) is 0 Å². The zero-order valence-electron chi connectivity index (χ0n) is 9.86. The van der Waals surface area contributed by atoms with Crippen LogP contribution in [-0.4, -0.2) is 14.8 Å². The first kappa shape index (κ1) is 10.7. The maximum absolute atomic E-state index is 4.26. The molecule has 2 aromatic rings. The van der Waals surface area contributed by atoms with Gasteiger partial charge in [0.05, 0.1) is 17.6 Å². The smallest absolute Gasteiger partial charge is 0.0758 e. The molecule has 0 saturated carbocycles. The van der Waals surface area contributed by atoms with Crippen molar-refractivity contribution in [2.24, 2.45) is 7.05 Å². The van der Waals surface area contributed by atoms with Crippen LogP contribution in [0.2, 0.25) is 0 Å². The molecule has 0 radical (unpaired) electrons. The second-order valence-electron chi connectivity index (χ2n) is 3.87. The van der Waals surface area contributed by atoms with Gasteiger partial charge in [-0.1, -0.05) is 6.07 Å². The largest absolute Gasteiger partial charge is 0.378 e. The zero-order chi connectivity index (χ0) is 11.5. The van der Waals surface area contributed by atoms with E-state index in [-0.39, 0.29) is 0 Å². The zero-order valence-corrected chi connectivity index (χ0v) is 9.86. The lowest BCUT2D eigenvalue weighted by atomic mass is 10.2. The molecule has 1 N–H and O–H groups in total. The Hall–Kier alpha value is -1.84. The van der Waals surface area contributed by atoms with Gasteiger partial charge < -0.3 is 5.32 Å². The minimum absolute atomic E-state index is 0.784. The predicted octanol–water partition coefficient (Wildman–Crippen LogP) is 2.04. The van der Waals surface area contributed by atoms with Crippen molar-refractivity contribution in [3.63, 3.8) is 0 Å². The number of nitrogens with one attached hydrogen (secondary N) is 1. The molecule has 0 fully saturated rings. The van der Waals surface area contributed by atoms with E-state index in [2.05, 4.69) is 21.5 Å². The van der Waals surface area contributed by atoms with E-state index in [1.807, 2.05) is 44.0 Å². The Morgan fingerprint density at radius 2 is 2.19 bits per heavy atom. The highest BCUT2D eigenvalue weighted by molar-refractivity contribution is 5.46. The quantitative estimate of drug-likeness (QED) is 0.853. The Morgan fingerprint density at radius 1 is 1.38 bits per heavy atom. The molecule has 2 rings (SSSR count). The molecule has 0 spiro atoms. The summed E-state index contributed by atoms with van der Waals surface area (Å²) in [6.07, 6.45) is 3.66. The van der Waals surface area contributed by atoms with E-state index in [4.69, 9.17) is 0 Å². The molecule has 0 atom stereocenters. The maximum atomic E-state index is 4.26. The Bertz CT molecular complexity index is 488. The van der Waals surface area contributed by atoms with E-state index in [0.29, 0.717) is 0 Å². The summed E-state index contributed by atoms with van der Waals surface area (Å²) in [6, 6.07) is 4.04. The summed E-state index contributed by atoms with van der Waals surface area (Å²) < 4.78 is 1.86. The molecule has 0 aliphatic rings. The van der Waals surface area contributed by atoms with Crippen LogP contribution in [0.15, 0.2) is 24.5 Å². The number of rotatable bonds is 3. The van der Waals surface area contributed by atoms with Crippen LogP contribution in [0, 0.1) is 13.8 Å². The van der Waals surface area contributed by atoms with E-state index >= 15 is 0 Å². The molecule has 0 bridgehead atoms. The van der Waals surface area contributed by atoms with Crippen LogP contribution < -0.4 is 5.32 Å². The fraction of sp³-hybridized carbons (Fsp3) is 0.333. The number of hydrogen-bond donors (Lipinski definition) is 1. The monoisotopic (exact) mass is 216 g/mol. The summed E-state index contributed by atoms with van der Waals surface area (Å²) in [6.45, 7) is 4.85. The Kier molecular flexibility index (Phi) is 2.90. The second kappa shape index (κ2) is 4.35. The van der Waals surface area contributed by atoms with Crippen LogP contribution in [0.25, 0.3) is 0 Å². The summed E-state index contributed by atoms with van der Waals surface area (Å²) >= 11 is 0. The second-order valence-corrected chi connectivity index (χ2v) is 3.87. The molecule has 0 amide bonds. The molecular formula is C12H16N4. The molecule has 0 aromatic carbocycles. The molecule has 84 valence electrons. The number of aromatic nitrogens is 3. The molecular weight excluding hydrogens is 200 g/mol. The molecule has 2 heterocycles. The van der Waals surface area contributed by atoms with Gasteiger partial charge in [0, 0.05) is 25.5 Å². The molecule has 0 saturated heterocycles. The highest BCUT2D eigenvalue weighted by Crippen LogP contribution is 2.14. The van der Waals surface area contributed by atoms with Gasteiger partial charge in [0.2, 0.25) is 0 Å². The van der Waals surface area contributed by atoms with E-state index in [0.717, 1.165) is 23.6 Å². The Morgan fingerprint density at radius 3 is 2.81 bits per heavy atom. The number of anilines is 1. The number of hydrogen-bond acceptors (Lipinski definition) is 3. The summed E-state index contributed by atoms with van der Waals surface area (Å²) in [7, 11) is 1.94. The van der Waals surface area contributed by atoms with Crippen molar-refractivity contribution in [2.45, 2.75) is 20.4 Å². The third kappa shape index (κ3) is 2.05. The van der Waals surface area contributed by atoms with Crippen LogP contribution in [0.5, 0.6) is 0 Å². The highest BCUT2D eigenvalue weighted by atomic mass is 15.3. The SMILES string of the molecule is Cc1ncccc1CNc1cnn(C)c1C. The minimum Gasteiger partial charge on any atom is -0.378 e. The average molecular weight is 216 g/mol. The van der Waals surface area contributed by atoms with Crippen LogP contribution in [-0.2, 0) is 13.6 Å². The third-order valence-corrected chi connectivity index (χ3v) is 2.82. The lowest BCUT2D eigenvalue weighted by Gasteiger charge is -2.07. The van der Waals surface area contributed by atoms with Gasteiger partial charge in [-0.3, -0.25) is 9.67 Å². The Labute approximate surface area is 95.3 Å². The predicted molar refractivity (Wildman–Crippen MR) is 64.2 cm³/mol. The first-order chi connectivity index (χ1) is 7.68. The normalized spacial score (nSPS) is 10.4. The van der Waals surface area contributed by atoms with Crippen LogP contribution >= 0.6 is 0 Å². The molecule has 0 aliphatic carbocycles. The van der Waals surface area contributed by atoms with E-state index < -0.39 is 0 Å². The summed E-state index contributed by atoms with van der Waals surface area (Å²) in [5.41, 5.74) is 4.49. The highest BCUT2D eigenvalue weighted by Gasteiger charge is 2.03. The van der Waals surface area contributed by atoms with E-state index in [1.54, 1.807) is 0 Å². The minimum atomic E-state index is 0.784. The lowest BCUT2D eigenvalue weighted by molar-refractivity contribution is 0.740. The van der Waals surface area contributed by atoms with Crippen molar-refractivity contribution in [2.75, 3.05) is 5.32 Å². The van der Waals surface area contributed by atoms with Gasteiger partial charge in [-0.15, -0.1) is 0 Å². The van der Waals surface area contributed by atoms with Gasteiger partial charge in [-0.05, 0) is 25.5 Å². The van der Waals surface area contributed by atoms with Gasteiger partial charge in [0.1, 0.15) is 0 Å². The van der Waals surface area contributed by atoms with Crippen molar-refractivity contribution < 1.29 is 0 Å². The first-order valence-corrected chi connectivity index (χ1v) is 5.31. The Balaban J connectivity index is 2.08. The van der Waals surface area contributed by atoms with Crippen molar-refractivity contribution in [3.8, 4) is 0 Å². The fourth-order valence-electron chi connectivity index (χ4n) is 1.57. The lowest BCUT2D eigenvalue weighted by Crippen LogP contribution is -2.03. The van der Waals surface area contributed by atoms with Gasteiger partial charge in [-0.2, -0.15) is 5.10 Å². The van der Waals surface area contributed by atoms with Gasteiger partial charge in [-0.25, -0.2) is 0 Å². The first-order valence-electron chi connectivity index (χ1n) is 5.31. The fourth-order valence-corrected chi connectivity index (χ4v) is 1.57. The number of aryl methyl sites for hydroxylation is 2. The summed E-state index contributed by atoms with van der Waals surface area (Å²) in [5, 5.41) is 7.56. The van der Waals surface area contributed by atoms with Crippen molar-refractivity contribution >= 4 is 5.69 Å². The molecule has 4 nitrogen and oxygen atoms in total. The van der Waals surface area contributed by atoms with Crippen LogP contribution in [0.3, 0.4) is 0 Å². The van der Waals surface area contributed by atoms with Gasteiger partial charge in [0.15, 0.2) is 0 Å². The molecule has 16 heavy (non-hydrogen) atoms. The van der Waals surface area contributed by atoms with Gasteiger partial charge >= 0.3 is 0 Å². The standard InChI is InChI=1S/C12H16N4/c1-9-11(5-4-6-13-9)7-14-12-8-15-16(3)10(12)2/h4-6,8,14H,7H2,1-3H3. The molecule has 0 unspecified atom stereocenters. The van der Waals surface area contributed by atoms with Crippen molar-refractivity contribution in [1.82, 2.24) is 14.8 Å². The summed E-state index contributed by atoms with van der Waals surface area (Å²) in [5.74, 6) is 0. The maximum Gasteiger partial charge on any atom is 0.0758 e. The van der Waals surface area contributed by atoms with E-state index in [1.165, 1.54) is 5.56 Å². The van der Waals surface area contributed by atoms with Crippen LogP contribution in [0.4, 0.5) is 5.69 Å². The molecule has 0 aliphatic heterocycles. The molecule has 4 heteroatoms.